The van der Waals surface area contributed by atoms with Crippen molar-refractivity contribution >= 4 is 26.5 Å². The first-order valence-corrected chi connectivity index (χ1v) is 13.0. The zero-order valence-electron chi connectivity index (χ0n) is 17.6. The molecule has 0 aliphatic carbocycles. The molecule has 0 radical (unpaired) electrons. The molecule has 2 heterocycles. The lowest BCUT2D eigenvalue weighted by Gasteiger charge is -2.31. The van der Waals surface area contributed by atoms with Crippen molar-refractivity contribution in [2.45, 2.75) is 76.4 Å². The van der Waals surface area contributed by atoms with Gasteiger partial charge in [0.05, 0.1) is 12.2 Å². The van der Waals surface area contributed by atoms with Crippen molar-refractivity contribution in [3.05, 3.63) is 24.3 Å². The van der Waals surface area contributed by atoms with Crippen molar-refractivity contribution in [3.63, 3.8) is 0 Å². The number of benzene rings is 1. The average Bonchev–Trinajstić information content (AvgIpc) is 2.99. The SMILES string of the molecule is COC1[C@@H](C)P(c2ccccc2P2[C@H](C)[C@@H](C)[C@H](C)[C@H]2C)[C@H](C)[C@H]1OC. The molecule has 4 heteroatoms. The van der Waals surface area contributed by atoms with Crippen LogP contribution in [0.5, 0.6) is 0 Å². The van der Waals surface area contributed by atoms with Gasteiger partial charge in [0, 0.05) is 25.5 Å². The molecule has 0 bridgehead atoms. The second-order valence-corrected chi connectivity index (χ2v) is 14.2. The maximum Gasteiger partial charge on any atom is 0.0906 e. The molecule has 26 heavy (non-hydrogen) atoms. The van der Waals surface area contributed by atoms with Crippen LogP contribution in [0.4, 0.5) is 0 Å². The Morgan fingerprint density at radius 2 is 0.962 bits per heavy atom. The molecule has 0 saturated carbocycles. The molecular weight excluding hydrogens is 358 g/mol. The van der Waals surface area contributed by atoms with E-state index in [4.69, 9.17) is 9.47 Å². The van der Waals surface area contributed by atoms with E-state index in [1.807, 2.05) is 14.2 Å². The Kier molecular flexibility index (Phi) is 6.51. The Morgan fingerprint density at radius 1 is 0.615 bits per heavy atom. The summed E-state index contributed by atoms with van der Waals surface area (Å²) in [5.74, 6) is 1.63. The van der Waals surface area contributed by atoms with Crippen LogP contribution < -0.4 is 10.6 Å². The number of rotatable bonds is 4. The van der Waals surface area contributed by atoms with Gasteiger partial charge in [0.15, 0.2) is 0 Å². The Hall–Kier alpha value is -0.0000000000000000208. The number of methoxy groups -OCH3 is 2. The van der Waals surface area contributed by atoms with E-state index < -0.39 is 0 Å². The quantitative estimate of drug-likeness (QED) is 0.684. The first-order valence-electron chi connectivity index (χ1n) is 10.1. The van der Waals surface area contributed by atoms with E-state index >= 15 is 0 Å². The van der Waals surface area contributed by atoms with Gasteiger partial charge >= 0.3 is 0 Å². The van der Waals surface area contributed by atoms with Crippen LogP contribution in [-0.2, 0) is 9.47 Å². The summed E-state index contributed by atoms with van der Waals surface area (Å²) < 4.78 is 11.8. The minimum absolute atomic E-state index is 0.119. The molecule has 2 aliphatic rings. The molecule has 2 unspecified atom stereocenters. The van der Waals surface area contributed by atoms with Crippen LogP contribution in [0.1, 0.15) is 41.5 Å². The van der Waals surface area contributed by atoms with Gasteiger partial charge in [-0.3, -0.25) is 0 Å². The van der Waals surface area contributed by atoms with Crippen molar-refractivity contribution in [3.8, 4) is 0 Å². The molecule has 2 fully saturated rings. The third-order valence-electron chi connectivity index (χ3n) is 7.36. The highest BCUT2D eigenvalue weighted by molar-refractivity contribution is 7.73. The van der Waals surface area contributed by atoms with Gasteiger partial charge in [-0.15, -0.1) is 0 Å². The van der Waals surface area contributed by atoms with Crippen LogP contribution in [0, 0.1) is 11.8 Å². The molecule has 1 aromatic carbocycles. The monoisotopic (exact) mass is 394 g/mol. The van der Waals surface area contributed by atoms with Crippen molar-refractivity contribution in [1.82, 2.24) is 0 Å². The zero-order valence-corrected chi connectivity index (χ0v) is 19.4. The van der Waals surface area contributed by atoms with Gasteiger partial charge < -0.3 is 9.47 Å². The van der Waals surface area contributed by atoms with Crippen LogP contribution in [-0.4, -0.2) is 49.1 Å². The molecule has 0 spiro atoms. The lowest BCUT2D eigenvalue weighted by molar-refractivity contribution is -0.0244. The standard InChI is InChI=1S/C22H36O2P2/c1-13-14(2)16(4)25(15(13)3)19-11-9-10-12-20(19)26-17(5)21(23-7)22(24-8)18(26)6/h9-18,21-22H,1-8H3/t13-,14-,15+,16+,17+,18+,21+,22?,26?/m0/s1. The van der Waals surface area contributed by atoms with Gasteiger partial charge in [-0.1, -0.05) is 81.7 Å². The smallest absolute Gasteiger partial charge is 0.0906 e. The summed E-state index contributed by atoms with van der Waals surface area (Å²) in [6.45, 7) is 14.7. The van der Waals surface area contributed by atoms with Crippen molar-refractivity contribution < 1.29 is 9.47 Å². The second-order valence-electron chi connectivity index (χ2n) is 8.38. The normalized spacial score (nSPS) is 43.9. The van der Waals surface area contributed by atoms with E-state index in [1.165, 1.54) is 0 Å². The van der Waals surface area contributed by atoms with Gasteiger partial charge in [-0.2, -0.15) is 0 Å². The third kappa shape index (κ3) is 3.20. The van der Waals surface area contributed by atoms with Gasteiger partial charge in [-0.25, -0.2) is 0 Å². The maximum absolute atomic E-state index is 5.89. The molecular formula is C22H36O2P2. The van der Waals surface area contributed by atoms with Crippen LogP contribution in [0.25, 0.3) is 0 Å². The Balaban J connectivity index is 2.03. The summed E-state index contributed by atoms with van der Waals surface area (Å²) in [4.78, 5) is 0. The molecule has 2 aliphatic heterocycles. The highest BCUT2D eigenvalue weighted by atomic mass is 31.1. The molecule has 9 atom stereocenters. The maximum atomic E-state index is 5.89. The number of hydrogen-bond donors (Lipinski definition) is 0. The Labute approximate surface area is 162 Å². The summed E-state index contributed by atoms with van der Waals surface area (Å²) in [6.07, 6.45) is 0.413. The van der Waals surface area contributed by atoms with E-state index in [2.05, 4.69) is 65.8 Å². The molecule has 0 aromatic heterocycles. The molecule has 2 nitrogen and oxygen atoms in total. The average molecular weight is 394 g/mol. The number of hydrogen-bond acceptors (Lipinski definition) is 2. The Bertz CT molecular complexity index is 592. The fourth-order valence-corrected chi connectivity index (χ4v) is 13.3. The minimum atomic E-state index is -0.290. The zero-order chi connectivity index (χ0) is 19.2. The first kappa shape index (κ1) is 20.7. The molecule has 0 amide bonds. The highest BCUT2D eigenvalue weighted by Crippen LogP contribution is 2.62. The topological polar surface area (TPSA) is 18.5 Å². The Morgan fingerprint density at radius 3 is 1.31 bits per heavy atom. The summed E-state index contributed by atoms with van der Waals surface area (Å²) in [5, 5.41) is 3.31. The summed E-state index contributed by atoms with van der Waals surface area (Å²) >= 11 is 0. The van der Waals surface area contributed by atoms with Gasteiger partial charge in [0.2, 0.25) is 0 Å². The van der Waals surface area contributed by atoms with E-state index in [9.17, 15) is 0 Å². The van der Waals surface area contributed by atoms with Crippen LogP contribution in [0.2, 0.25) is 0 Å². The molecule has 0 N–H and O–H groups in total. The second kappa shape index (κ2) is 8.16. The fourth-order valence-electron chi connectivity index (χ4n) is 5.43. The largest absolute Gasteiger partial charge is 0.378 e. The third-order valence-corrected chi connectivity index (χ3v) is 14.5. The van der Waals surface area contributed by atoms with Crippen molar-refractivity contribution in [2.24, 2.45) is 11.8 Å². The molecule has 3 rings (SSSR count). The number of ether oxygens (including phenoxy) is 2. The predicted octanol–water partition coefficient (Wildman–Crippen LogP) is 4.78. The van der Waals surface area contributed by atoms with Crippen molar-refractivity contribution in [2.75, 3.05) is 14.2 Å². The summed E-state index contributed by atoms with van der Waals surface area (Å²) in [5.41, 5.74) is 2.68. The van der Waals surface area contributed by atoms with Crippen LogP contribution in [0.15, 0.2) is 24.3 Å². The van der Waals surface area contributed by atoms with E-state index in [1.54, 1.807) is 10.6 Å². The summed E-state index contributed by atoms with van der Waals surface area (Å²) in [6, 6.07) is 9.38. The van der Waals surface area contributed by atoms with E-state index in [0.29, 0.717) is 11.3 Å². The van der Waals surface area contributed by atoms with E-state index in [-0.39, 0.29) is 28.1 Å². The highest BCUT2D eigenvalue weighted by Gasteiger charge is 2.49. The lowest BCUT2D eigenvalue weighted by atomic mass is 9.92. The predicted molar refractivity (Wildman–Crippen MR) is 117 cm³/mol. The molecule has 1 aromatic rings. The van der Waals surface area contributed by atoms with Crippen molar-refractivity contribution in [1.29, 1.82) is 0 Å². The summed E-state index contributed by atoms with van der Waals surface area (Å²) in [7, 11) is 3.28. The van der Waals surface area contributed by atoms with Gasteiger partial charge in [0.1, 0.15) is 0 Å². The van der Waals surface area contributed by atoms with Crippen LogP contribution in [0.3, 0.4) is 0 Å². The molecule has 2 saturated heterocycles. The molecule has 146 valence electrons. The van der Waals surface area contributed by atoms with Gasteiger partial charge in [-0.05, 0) is 33.8 Å². The fraction of sp³-hybridized carbons (Fsp3) is 0.727. The minimum Gasteiger partial charge on any atom is -0.378 e. The van der Waals surface area contributed by atoms with Gasteiger partial charge in [0.25, 0.3) is 0 Å². The lowest BCUT2D eigenvalue weighted by Crippen LogP contribution is -2.34. The first-order chi connectivity index (χ1) is 12.3. The van der Waals surface area contributed by atoms with Crippen LogP contribution >= 0.6 is 15.8 Å². The van der Waals surface area contributed by atoms with E-state index in [0.717, 1.165) is 23.2 Å².